The highest BCUT2D eigenvalue weighted by Gasteiger charge is 2.50. The number of carbonyl (C=O) groups is 3. The molecule has 0 unspecified atom stereocenters. The minimum Gasteiger partial charge on any atom is -0.497 e. The van der Waals surface area contributed by atoms with E-state index < -0.39 is 12.2 Å². The molecule has 194 valence electrons. The van der Waals surface area contributed by atoms with Gasteiger partial charge in [-0.25, -0.2) is 14.8 Å². The van der Waals surface area contributed by atoms with Gasteiger partial charge in [0.25, 0.3) is 0 Å². The van der Waals surface area contributed by atoms with E-state index in [-0.39, 0.29) is 24.4 Å². The van der Waals surface area contributed by atoms with Gasteiger partial charge in [0.15, 0.2) is 0 Å². The van der Waals surface area contributed by atoms with Crippen LogP contribution in [-0.2, 0) is 16.1 Å². The van der Waals surface area contributed by atoms with Crippen molar-refractivity contribution in [3.8, 4) is 5.75 Å². The van der Waals surface area contributed by atoms with Crippen molar-refractivity contribution in [3.63, 3.8) is 0 Å². The lowest BCUT2D eigenvalue weighted by Gasteiger charge is -2.54. The second-order valence-corrected chi connectivity index (χ2v) is 10.1. The summed E-state index contributed by atoms with van der Waals surface area (Å²) in [6.45, 7) is 3.55. The molecule has 1 N–H and O–H groups in total. The van der Waals surface area contributed by atoms with Crippen molar-refractivity contribution in [1.82, 2.24) is 25.1 Å². The molecule has 2 heterocycles. The molecule has 2 saturated heterocycles. The zero-order valence-corrected chi connectivity index (χ0v) is 22.2. The standard InChI is InChI=1S/C25H39N5O4S/c1-5-6-7-8-14-28-17-22-29(21(24(28)32)13-15-35-4)23(31)18-27(2)30(22)25(33)26-16-19-9-11-20(34-3)12-10-19/h9-12,21-22H,5-8,13-18H2,1-4H3,(H,26,33)/t21-,22-/m0/s1. The third kappa shape index (κ3) is 6.61. The van der Waals surface area contributed by atoms with Crippen LogP contribution in [0.1, 0.15) is 44.6 Å². The first-order chi connectivity index (χ1) is 16.9. The van der Waals surface area contributed by atoms with Crippen molar-refractivity contribution >= 4 is 29.6 Å². The number of benzene rings is 1. The summed E-state index contributed by atoms with van der Waals surface area (Å²) < 4.78 is 5.20. The predicted octanol–water partition coefficient (Wildman–Crippen LogP) is 2.77. The lowest BCUT2D eigenvalue weighted by molar-refractivity contribution is -0.187. The molecule has 4 amide bonds. The van der Waals surface area contributed by atoms with Crippen molar-refractivity contribution in [3.05, 3.63) is 29.8 Å². The Balaban J connectivity index is 1.77. The van der Waals surface area contributed by atoms with Crippen LogP contribution in [0.3, 0.4) is 0 Å². The highest BCUT2D eigenvalue weighted by atomic mass is 32.2. The van der Waals surface area contributed by atoms with Crippen LogP contribution in [0.2, 0.25) is 0 Å². The van der Waals surface area contributed by atoms with Crippen LogP contribution in [0, 0.1) is 0 Å². The van der Waals surface area contributed by atoms with Gasteiger partial charge in [0.2, 0.25) is 11.8 Å². The number of carbonyl (C=O) groups excluding carboxylic acids is 3. The Morgan fingerprint density at radius 1 is 1.17 bits per heavy atom. The van der Waals surface area contributed by atoms with Crippen LogP contribution in [0.5, 0.6) is 5.75 Å². The van der Waals surface area contributed by atoms with Crippen LogP contribution >= 0.6 is 11.8 Å². The van der Waals surface area contributed by atoms with Gasteiger partial charge in [-0.1, -0.05) is 38.3 Å². The fraction of sp³-hybridized carbons (Fsp3) is 0.640. The third-order valence-electron chi connectivity index (χ3n) is 6.63. The number of nitrogens with zero attached hydrogens (tertiary/aromatic N) is 4. The number of hydrazine groups is 1. The number of fused-ring (bicyclic) bond motifs is 1. The van der Waals surface area contributed by atoms with E-state index in [9.17, 15) is 14.4 Å². The minimum absolute atomic E-state index is 0.00305. The number of nitrogens with one attached hydrogen (secondary N) is 1. The van der Waals surface area contributed by atoms with E-state index in [0.29, 0.717) is 26.1 Å². The average Bonchev–Trinajstić information content (AvgIpc) is 2.85. The predicted molar refractivity (Wildman–Crippen MR) is 138 cm³/mol. The van der Waals surface area contributed by atoms with Gasteiger partial charge in [-0.05, 0) is 42.5 Å². The van der Waals surface area contributed by atoms with E-state index in [1.807, 2.05) is 35.4 Å². The molecular weight excluding hydrogens is 466 g/mol. The van der Waals surface area contributed by atoms with E-state index in [1.165, 1.54) is 0 Å². The van der Waals surface area contributed by atoms with Gasteiger partial charge in [0, 0.05) is 20.1 Å². The number of urea groups is 1. The summed E-state index contributed by atoms with van der Waals surface area (Å²) in [5.41, 5.74) is 0.945. The largest absolute Gasteiger partial charge is 0.497 e. The van der Waals surface area contributed by atoms with E-state index in [2.05, 4.69) is 12.2 Å². The molecule has 2 aliphatic heterocycles. The van der Waals surface area contributed by atoms with E-state index in [4.69, 9.17) is 4.74 Å². The second kappa shape index (κ2) is 13.0. The molecule has 2 fully saturated rings. The van der Waals surface area contributed by atoms with Crippen LogP contribution in [0.25, 0.3) is 0 Å². The molecule has 0 bridgehead atoms. The molecule has 0 spiro atoms. The molecule has 2 aliphatic rings. The number of ether oxygens (including phenoxy) is 1. The van der Waals surface area contributed by atoms with Gasteiger partial charge >= 0.3 is 6.03 Å². The van der Waals surface area contributed by atoms with Crippen LogP contribution in [0.4, 0.5) is 4.79 Å². The van der Waals surface area contributed by atoms with Gasteiger partial charge < -0.3 is 19.9 Å². The summed E-state index contributed by atoms with van der Waals surface area (Å²) in [7, 11) is 3.37. The van der Waals surface area contributed by atoms with Crippen LogP contribution in [0.15, 0.2) is 24.3 Å². The summed E-state index contributed by atoms with van der Waals surface area (Å²) in [6.07, 6.45) is 6.31. The molecule has 10 heteroatoms. The smallest absolute Gasteiger partial charge is 0.334 e. The Labute approximate surface area is 213 Å². The number of likely N-dealkylation sites (N-methyl/N-ethyl adjacent to an activating group) is 1. The molecule has 9 nitrogen and oxygen atoms in total. The molecule has 0 saturated carbocycles. The lowest BCUT2D eigenvalue weighted by atomic mass is 10.0. The second-order valence-electron chi connectivity index (χ2n) is 9.09. The van der Waals surface area contributed by atoms with Crippen molar-refractivity contribution in [1.29, 1.82) is 0 Å². The van der Waals surface area contributed by atoms with E-state index >= 15 is 0 Å². The number of hydrogen-bond acceptors (Lipinski definition) is 6. The van der Waals surface area contributed by atoms with Crippen molar-refractivity contribution in [2.75, 3.05) is 45.8 Å². The van der Waals surface area contributed by atoms with Crippen molar-refractivity contribution in [2.45, 2.75) is 57.8 Å². The topological polar surface area (TPSA) is 85.4 Å². The number of piperazine rings is 1. The van der Waals surface area contributed by atoms with Gasteiger partial charge in [-0.15, -0.1) is 0 Å². The zero-order chi connectivity index (χ0) is 25.4. The maximum Gasteiger partial charge on any atom is 0.334 e. The number of amides is 4. The number of thioether (sulfide) groups is 1. The lowest BCUT2D eigenvalue weighted by Crippen LogP contribution is -2.76. The average molecular weight is 506 g/mol. The van der Waals surface area contributed by atoms with Crippen molar-refractivity contribution in [2.24, 2.45) is 0 Å². The first-order valence-electron chi connectivity index (χ1n) is 12.4. The van der Waals surface area contributed by atoms with E-state index in [0.717, 1.165) is 42.7 Å². The van der Waals surface area contributed by atoms with Crippen LogP contribution in [-0.4, -0.2) is 95.7 Å². The molecule has 1 aromatic rings. The van der Waals surface area contributed by atoms with E-state index in [1.54, 1.807) is 40.8 Å². The normalized spacial score (nSPS) is 20.7. The zero-order valence-electron chi connectivity index (χ0n) is 21.4. The monoisotopic (exact) mass is 505 g/mol. The molecular formula is C25H39N5O4S. The Hall–Kier alpha value is -2.46. The van der Waals surface area contributed by atoms with Crippen molar-refractivity contribution < 1.29 is 19.1 Å². The number of unbranched alkanes of at least 4 members (excludes halogenated alkanes) is 3. The number of methoxy groups -OCH3 is 1. The molecule has 35 heavy (non-hydrogen) atoms. The maximum absolute atomic E-state index is 13.4. The summed E-state index contributed by atoms with van der Waals surface area (Å²) in [6, 6.07) is 6.71. The number of rotatable bonds is 11. The molecule has 0 aromatic heterocycles. The SMILES string of the molecule is CCCCCCN1C[C@H]2N(C(=O)CN(C)N2C(=O)NCc2ccc(OC)cc2)[C@@H](CCSC)C1=O. The highest BCUT2D eigenvalue weighted by molar-refractivity contribution is 7.98. The summed E-state index contributed by atoms with van der Waals surface area (Å²) in [4.78, 5) is 43.4. The van der Waals surface area contributed by atoms with Crippen LogP contribution < -0.4 is 10.1 Å². The first kappa shape index (κ1) is 27.1. The number of hydrogen-bond donors (Lipinski definition) is 1. The Morgan fingerprint density at radius 3 is 2.57 bits per heavy atom. The van der Waals surface area contributed by atoms with Gasteiger partial charge in [-0.2, -0.15) is 11.8 Å². The maximum atomic E-state index is 13.4. The summed E-state index contributed by atoms with van der Waals surface area (Å²) >= 11 is 1.66. The quantitative estimate of drug-likeness (QED) is 0.466. The Kier molecular flexibility index (Phi) is 10.1. The fourth-order valence-corrected chi connectivity index (χ4v) is 5.20. The molecule has 3 rings (SSSR count). The fourth-order valence-electron chi connectivity index (χ4n) is 4.74. The Bertz CT molecular complexity index is 868. The minimum atomic E-state index is -0.537. The van der Waals surface area contributed by atoms with Gasteiger partial charge in [0.05, 0.1) is 20.2 Å². The summed E-state index contributed by atoms with van der Waals surface area (Å²) in [5, 5.41) is 6.27. The van der Waals surface area contributed by atoms with Gasteiger partial charge in [-0.3, -0.25) is 9.59 Å². The molecule has 0 aliphatic carbocycles. The molecule has 1 aromatic carbocycles. The highest BCUT2D eigenvalue weighted by Crippen LogP contribution is 2.28. The summed E-state index contributed by atoms with van der Waals surface area (Å²) in [5.74, 6) is 1.42. The Morgan fingerprint density at radius 2 is 1.91 bits per heavy atom. The molecule has 2 atom stereocenters. The molecule has 0 radical (unpaired) electrons. The third-order valence-corrected chi connectivity index (χ3v) is 7.27. The first-order valence-corrected chi connectivity index (χ1v) is 13.8. The van der Waals surface area contributed by atoms with Gasteiger partial charge in [0.1, 0.15) is 18.0 Å².